The van der Waals surface area contributed by atoms with E-state index >= 15 is 0 Å². The van der Waals surface area contributed by atoms with Crippen molar-refractivity contribution >= 4 is 21.7 Å². The molecule has 2 rings (SSSR count). The average Bonchev–Trinajstić information content (AvgIpc) is 2.61. The monoisotopic (exact) mass is 406 g/mol. The zero-order valence-electron chi connectivity index (χ0n) is 15.8. The molecule has 0 aliphatic rings. The predicted molar refractivity (Wildman–Crippen MR) is 103 cm³/mol. The van der Waals surface area contributed by atoms with E-state index in [9.17, 15) is 23.3 Å². The van der Waals surface area contributed by atoms with Crippen LogP contribution in [0.1, 0.15) is 36.1 Å². The molecule has 0 amide bonds. The lowest BCUT2D eigenvalue weighted by molar-refractivity contribution is -0.385. The number of ether oxygens (including phenoxy) is 1. The molecule has 9 heteroatoms. The van der Waals surface area contributed by atoms with E-state index in [1.165, 1.54) is 12.1 Å². The molecule has 2 aromatic rings. The van der Waals surface area contributed by atoms with Crippen LogP contribution < -0.4 is 4.72 Å². The number of esters is 1. The van der Waals surface area contributed by atoms with E-state index in [2.05, 4.69) is 4.72 Å². The number of sulfonamides is 1. The second kappa shape index (κ2) is 8.94. The Kier molecular flexibility index (Phi) is 6.87. The summed E-state index contributed by atoms with van der Waals surface area (Å²) in [5, 5.41) is 11.0. The first-order valence-corrected chi connectivity index (χ1v) is 10.1. The van der Waals surface area contributed by atoms with Crippen LogP contribution in [0.5, 0.6) is 0 Å². The van der Waals surface area contributed by atoms with Crippen molar-refractivity contribution in [3.8, 4) is 0 Å². The van der Waals surface area contributed by atoms with Crippen molar-refractivity contribution in [2.75, 3.05) is 6.61 Å². The van der Waals surface area contributed by atoms with E-state index in [0.29, 0.717) is 11.1 Å². The smallest absolute Gasteiger partial charge is 0.307 e. The van der Waals surface area contributed by atoms with Crippen molar-refractivity contribution in [3.63, 3.8) is 0 Å². The van der Waals surface area contributed by atoms with E-state index < -0.39 is 27.0 Å². The standard InChI is InChI=1S/C19H22N2O6S/c1-4-27-19(22)12-17(15-8-5-13(2)6-9-15)20-28(25,26)18-11-16(21(23)24)10-7-14(18)3/h5-11,17,20H,4,12H2,1-3H3. The third kappa shape index (κ3) is 5.37. The number of nitrogens with one attached hydrogen (secondary N) is 1. The highest BCUT2D eigenvalue weighted by molar-refractivity contribution is 7.89. The summed E-state index contributed by atoms with van der Waals surface area (Å²) in [6.45, 7) is 5.27. The Hall–Kier alpha value is -2.78. The van der Waals surface area contributed by atoms with Crippen LogP contribution in [0.2, 0.25) is 0 Å². The van der Waals surface area contributed by atoms with Gasteiger partial charge in [0.25, 0.3) is 5.69 Å². The molecule has 150 valence electrons. The van der Waals surface area contributed by atoms with Gasteiger partial charge in [-0.2, -0.15) is 0 Å². The Bertz CT molecular complexity index is 970. The molecule has 0 radical (unpaired) electrons. The van der Waals surface area contributed by atoms with Crippen molar-refractivity contribution in [2.24, 2.45) is 0 Å². The number of carbonyl (C=O) groups excluding carboxylic acids is 1. The number of nitrogens with zero attached hydrogens (tertiary/aromatic N) is 1. The summed E-state index contributed by atoms with van der Waals surface area (Å²) in [5.41, 5.74) is 1.60. The number of hydrogen-bond acceptors (Lipinski definition) is 6. The molecule has 8 nitrogen and oxygen atoms in total. The Morgan fingerprint density at radius 2 is 1.82 bits per heavy atom. The van der Waals surface area contributed by atoms with Gasteiger partial charge in [-0.25, -0.2) is 13.1 Å². The number of hydrogen-bond donors (Lipinski definition) is 1. The minimum absolute atomic E-state index is 0.177. The van der Waals surface area contributed by atoms with Crippen molar-refractivity contribution in [3.05, 3.63) is 69.3 Å². The number of aryl methyl sites for hydroxylation is 2. The molecule has 0 fully saturated rings. The van der Waals surface area contributed by atoms with Gasteiger partial charge < -0.3 is 4.74 Å². The van der Waals surface area contributed by atoms with E-state index in [1.807, 2.05) is 6.92 Å². The summed E-state index contributed by atoms with van der Waals surface area (Å²) >= 11 is 0. The molecule has 0 saturated carbocycles. The number of benzene rings is 2. The summed E-state index contributed by atoms with van der Waals surface area (Å²) in [6.07, 6.45) is -0.204. The quantitative estimate of drug-likeness (QED) is 0.409. The maximum Gasteiger partial charge on any atom is 0.307 e. The molecule has 0 aliphatic carbocycles. The van der Waals surface area contributed by atoms with Gasteiger partial charge >= 0.3 is 5.97 Å². The molecular formula is C19H22N2O6S. The van der Waals surface area contributed by atoms with Gasteiger partial charge in [-0.3, -0.25) is 14.9 Å². The minimum atomic E-state index is -4.13. The largest absolute Gasteiger partial charge is 0.466 e. The molecule has 0 bridgehead atoms. The number of non-ortho nitro benzene ring substituents is 1. The highest BCUT2D eigenvalue weighted by Gasteiger charge is 2.27. The third-order valence-electron chi connectivity index (χ3n) is 4.13. The SMILES string of the molecule is CCOC(=O)CC(NS(=O)(=O)c1cc([N+](=O)[O-])ccc1C)c1ccc(C)cc1. The molecular weight excluding hydrogens is 384 g/mol. The molecule has 1 atom stereocenters. The van der Waals surface area contributed by atoms with Crippen molar-refractivity contribution in [2.45, 2.75) is 38.1 Å². The van der Waals surface area contributed by atoms with Crippen molar-refractivity contribution in [1.82, 2.24) is 4.72 Å². The molecule has 0 aromatic heterocycles. The van der Waals surface area contributed by atoms with Gasteiger partial charge in [-0.05, 0) is 31.9 Å². The van der Waals surface area contributed by atoms with Gasteiger partial charge in [0.15, 0.2) is 0 Å². The first kappa shape index (κ1) is 21.5. The van der Waals surface area contributed by atoms with Gasteiger partial charge in [0.05, 0.1) is 28.9 Å². The first-order chi connectivity index (χ1) is 13.1. The maximum absolute atomic E-state index is 12.9. The summed E-state index contributed by atoms with van der Waals surface area (Å²) in [7, 11) is -4.13. The Morgan fingerprint density at radius 3 is 2.39 bits per heavy atom. The Labute approximate surface area is 163 Å². The lowest BCUT2D eigenvalue weighted by Gasteiger charge is -2.19. The third-order valence-corrected chi connectivity index (χ3v) is 5.74. The van der Waals surface area contributed by atoms with Crippen molar-refractivity contribution < 1.29 is 22.9 Å². The number of nitro groups is 1. The molecule has 2 aromatic carbocycles. The average molecular weight is 406 g/mol. The Morgan fingerprint density at radius 1 is 1.18 bits per heavy atom. The molecule has 1 N–H and O–H groups in total. The van der Waals surface area contributed by atoms with Crippen LogP contribution in [-0.4, -0.2) is 25.9 Å². The normalized spacial score (nSPS) is 12.4. The van der Waals surface area contributed by atoms with Crippen LogP contribution in [-0.2, 0) is 19.6 Å². The molecule has 1 unspecified atom stereocenters. The zero-order valence-corrected chi connectivity index (χ0v) is 16.7. The fraction of sp³-hybridized carbons (Fsp3) is 0.316. The second-order valence-electron chi connectivity index (χ2n) is 6.30. The second-order valence-corrected chi connectivity index (χ2v) is 7.98. The molecule has 0 aliphatic heterocycles. The molecule has 0 saturated heterocycles. The van der Waals surface area contributed by atoms with Crippen LogP contribution in [0.15, 0.2) is 47.4 Å². The highest BCUT2D eigenvalue weighted by atomic mass is 32.2. The maximum atomic E-state index is 12.9. The van der Waals surface area contributed by atoms with Crippen LogP contribution in [0.4, 0.5) is 5.69 Å². The minimum Gasteiger partial charge on any atom is -0.466 e. The van der Waals surface area contributed by atoms with Gasteiger partial charge in [0.2, 0.25) is 10.0 Å². The van der Waals surface area contributed by atoms with E-state index in [0.717, 1.165) is 11.6 Å². The van der Waals surface area contributed by atoms with Crippen LogP contribution in [0.25, 0.3) is 0 Å². The molecule has 28 heavy (non-hydrogen) atoms. The lowest BCUT2D eigenvalue weighted by atomic mass is 10.0. The summed E-state index contributed by atoms with van der Waals surface area (Å²) in [6, 6.07) is 9.81. The number of carbonyl (C=O) groups is 1. The predicted octanol–water partition coefficient (Wildman–Crippen LogP) is 3.18. The van der Waals surface area contributed by atoms with E-state index in [4.69, 9.17) is 4.74 Å². The fourth-order valence-electron chi connectivity index (χ4n) is 2.66. The lowest BCUT2D eigenvalue weighted by Crippen LogP contribution is -2.31. The number of nitro benzene ring substituents is 1. The topological polar surface area (TPSA) is 116 Å². The van der Waals surface area contributed by atoms with Gasteiger partial charge in [0, 0.05) is 12.1 Å². The highest BCUT2D eigenvalue weighted by Crippen LogP contribution is 2.25. The summed E-state index contributed by atoms with van der Waals surface area (Å²) in [5.74, 6) is -0.550. The Balaban J connectivity index is 2.41. The summed E-state index contributed by atoms with van der Waals surface area (Å²) in [4.78, 5) is 22.1. The van der Waals surface area contributed by atoms with E-state index in [-0.39, 0.29) is 23.6 Å². The number of rotatable bonds is 8. The van der Waals surface area contributed by atoms with Crippen LogP contribution >= 0.6 is 0 Å². The molecule has 0 spiro atoms. The zero-order chi connectivity index (χ0) is 20.9. The van der Waals surface area contributed by atoms with Gasteiger partial charge in [-0.1, -0.05) is 35.9 Å². The summed E-state index contributed by atoms with van der Waals surface area (Å²) < 4.78 is 33.3. The van der Waals surface area contributed by atoms with Gasteiger partial charge in [-0.15, -0.1) is 0 Å². The van der Waals surface area contributed by atoms with Gasteiger partial charge in [0.1, 0.15) is 0 Å². The van der Waals surface area contributed by atoms with Crippen LogP contribution in [0, 0.1) is 24.0 Å². The molecule has 0 heterocycles. The van der Waals surface area contributed by atoms with Crippen molar-refractivity contribution in [1.29, 1.82) is 0 Å². The van der Waals surface area contributed by atoms with E-state index in [1.54, 1.807) is 38.1 Å². The first-order valence-electron chi connectivity index (χ1n) is 8.63. The van der Waals surface area contributed by atoms with Crippen LogP contribution in [0.3, 0.4) is 0 Å². The fourth-order valence-corrected chi connectivity index (χ4v) is 4.14.